The summed E-state index contributed by atoms with van der Waals surface area (Å²) in [5.41, 5.74) is 1.17. The SMILES string of the molecule is CCC1C(O[Si](C)(C)C(C)(C)C)=CC([C@H]2COC(C)(C)O2)OC1/C=C/c1ccccc1. The third kappa shape index (κ3) is 5.89. The fraction of sp³-hybridized carbons (Fsp3) is 0.615. The van der Waals surface area contributed by atoms with Crippen molar-refractivity contribution in [3.63, 3.8) is 0 Å². The van der Waals surface area contributed by atoms with Crippen LogP contribution in [0.5, 0.6) is 0 Å². The van der Waals surface area contributed by atoms with Crippen molar-refractivity contribution < 1.29 is 18.6 Å². The molecule has 172 valence electrons. The molecular weight excluding hydrogens is 404 g/mol. The van der Waals surface area contributed by atoms with E-state index in [1.807, 2.05) is 19.9 Å². The van der Waals surface area contributed by atoms with Crippen molar-refractivity contribution in [2.45, 2.75) is 90.2 Å². The highest BCUT2D eigenvalue weighted by molar-refractivity contribution is 6.74. The number of ether oxygens (including phenoxy) is 3. The van der Waals surface area contributed by atoms with Crippen LogP contribution in [-0.4, -0.2) is 39.0 Å². The lowest BCUT2D eigenvalue weighted by Gasteiger charge is -2.43. The molecule has 5 heteroatoms. The zero-order valence-corrected chi connectivity index (χ0v) is 21.5. The van der Waals surface area contributed by atoms with Crippen molar-refractivity contribution in [2.24, 2.45) is 5.92 Å². The number of benzene rings is 1. The van der Waals surface area contributed by atoms with E-state index in [1.165, 1.54) is 5.56 Å². The minimum absolute atomic E-state index is 0.0766. The molecule has 0 saturated carbocycles. The molecule has 3 unspecified atom stereocenters. The summed E-state index contributed by atoms with van der Waals surface area (Å²) in [5.74, 6) is 0.654. The molecule has 0 spiro atoms. The summed E-state index contributed by atoms with van der Waals surface area (Å²) in [7, 11) is -1.98. The van der Waals surface area contributed by atoms with Gasteiger partial charge in [0.05, 0.1) is 18.5 Å². The standard InChI is InChI=1S/C26H40O4Si/c1-9-20-21(16-15-19-13-11-10-12-14-19)28-23(24-18-27-26(5,6)29-24)17-22(20)30-31(7,8)25(2,3)4/h10-17,20-21,23-24H,9,18H2,1-8H3/b16-15+/t20?,21?,23?,24-/m1/s1. The number of rotatable bonds is 6. The zero-order chi connectivity index (χ0) is 22.9. The van der Waals surface area contributed by atoms with Gasteiger partial charge in [0.1, 0.15) is 12.2 Å². The first-order valence-corrected chi connectivity index (χ1v) is 14.4. The van der Waals surface area contributed by atoms with Crippen LogP contribution in [0.3, 0.4) is 0 Å². The molecule has 0 amide bonds. The molecule has 0 bridgehead atoms. The molecule has 0 aromatic heterocycles. The summed E-state index contributed by atoms with van der Waals surface area (Å²) in [6.07, 6.45) is 7.02. The quantitative estimate of drug-likeness (QED) is 0.466. The van der Waals surface area contributed by atoms with Gasteiger partial charge >= 0.3 is 0 Å². The molecule has 4 atom stereocenters. The molecule has 3 rings (SSSR count). The highest BCUT2D eigenvalue weighted by Crippen LogP contribution is 2.42. The second-order valence-electron chi connectivity index (χ2n) is 10.6. The lowest BCUT2D eigenvalue weighted by atomic mass is 9.91. The van der Waals surface area contributed by atoms with Gasteiger partial charge in [0.25, 0.3) is 0 Å². The highest BCUT2D eigenvalue weighted by Gasteiger charge is 2.45. The summed E-state index contributed by atoms with van der Waals surface area (Å²) in [6, 6.07) is 10.4. The molecule has 2 aliphatic rings. The van der Waals surface area contributed by atoms with Gasteiger partial charge in [0.2, 0.25) is 8.32 Å². The zero-order valence-electron chi connectivity index (χ0n) is 20.5. The first-order chi connectivity index (χ1) is 14.4. The fourth-order valence-corrected chi connectivity index (χ4v) is 4.89. The fourth-order valence-electron chi connectivity index (χ4n) is 3.78. The first kappa shape index (κ1) is 24.2. The van der Waals surface area contributed by atoms with E-state index in [-0.39, 0.29) is 29.3 Å². The number of hydrogen-bond donors (Lipinski definition) is 0. The molecule has 0 N–H and O–H groups in total. The van der Waals surface area contributed by atoms with Gasteiger partial charge in [-0.15, -0.1) is 0 Å². The molecule has 2 heterocycles. The van der Waals surface area contributed by atoms with E-state index in [9.17, 15) is 0 Å². The van der Waals surface area contributed by atoms with Gasteiger partial charge in [-0.2, -0.15) is 0 Å². The van der Waals surface area contributed by atoms with Crippen molar-refractivity contribution in [2.75, 3.05) is 6.61 Å². The highest BCUT2D eigenvalue weighted by atomic mass is 28.4. The first-order valence-electron chi connectivity index (χ1n) is 11.5. The maximum Gasteiger partial charge on any atom is 0.250 e. The summed E-state index contributed by atoms with van der Waals surface area (Å²) in [6.45, 7) is 18.1. The van der Waals surface area contributed by atoms with Crippen LogP contribution in [0.2, 0.25) is 18.1 Å². The molecule has 1 aromatic rings. The summed E-state index contributed by atoms with van der Waals surface area (Å²) in [5, 5.41) is 0.129. The molecule has 0 aliphatic carbocycles. The molecule has 1 aromatic carbocycles. The second kappa shape index (κ2) is 9.22. The van der Waals surface area contributed by atoms with E-state index < -0.39 is 14.1 Å². The Bertz CT molecular complexity index is 791. The summed E-state index contributed by atoms with van der Waals surface area (Å²) in [4.78, 5) is 0. The summed E-state index contributed by atoms with van der Waals surface area (Å²) < 4.78 is 25.4. The maximum absolute atomic E-state index is 6.86. The van der Waals surface area contributed by atoms with Crippen LogP contribution >= 0.6 is 0 Å². The van der Waals surface area contributed by atoms with E-state index in [2.05, 4.69) is 83.3 Å². The van der Waals surface area contributed by atoms with Crippen LogP contribution < -0.4 is 0 Å². The van der Waals surface area contributed by atoms with Crippen LogP contribution in [-0.2, 0) is 18.6 Å². The van der Waals surface area contributed by atoms with Crippen LogP contribution in [0.25, 0.3) is 6.08 Å². The second-order valence-corrected chi connectivity index (χ2v) is 15.4. The van der Waals surface area contributed by atoms with Gasteiger partial charge in [-0.25, -0.2) is 0 Å². The molecular formula is C26H40O4Si. The topological polar surface area (TPSA) is 36.9 Å². The van der Waals surface area contributed by atoms with E-state index in [0.29, 0.717) is 6.61 Å². The van der Waals surface area contributed by atoms with Crippen molar-refractivity contribution in [3.05, 3.63) is 53.8 Å². The van der Waals surface area contributed by atoms with Crippen LogP contribution in [0.1, 0.15) is 53.5 Å². The molecule has 31 heavy (non-hydrogen) atoms. The van der Waals surface area contributed by atoms with Crippen LogP contribution in [0.15, 0.2) is 48.2 Å². The largest absolute Gasteiger partial charge is 0.546 e. The average Bonchev–Trinajstić information content (AvgIpc) is 3.05. The third-order valence-electron chi connectivity index (χ3n) is 6.70. The lowest BCUT2D eigenvalue weighted by molar-refractivity contribution is -0.158. The van der Waals surface area contributed by atoms with Crippen LogP contribution in [0, 0.1) is 5.92 Å². The Morgan fingerprint density at radius 3 is 2.39 bits per heavy atom. The van der Waals surface area contributed by atoms with Gasteiger partial charge < -0.3 is 18.6 Å². The monoisotopic (exact) mass is 444 g/mol. The minimum Gasteiger partial charge on any atom is -0.546 e. The lowest BCUT2D eigenvalue weighted by Crippen LogP contribution is -2.46. The smallest absolute Gasteiger partial charge is 0.250 e. The Morgan fingerprint density at radius 2 is 1.84 bits per heavy atom. The van der Waals surface area contributed by atoms with Crippen molar-refractivity contribution >= 4 is 14.4 Å². The Labute approximate surface area is 189 Å². The summed E-state index contributed by atoms with van der Waals surface area (Å²) >= 11 is 0. The van der Waals surface area contributed by atoms with Crippen molar-refractivity contribution in [3.8, 4) is 0 Å². The van der Waals surface area contributed by atoms with E-state index in [1.54, 1.807) is 0 Å². The van der Waals surface area contributed by atoms with E-state index in [4.69, 9.17) is 18.6 Å². The van der Waals surface area contributed by atoms with E-state index >= 15 is 0 Å². The normalized spacial score (nSPS) is 29.2. The number of hydrogen-bond acceptors (Lipinski definition) is 4. The predicted octanol–water partition coefficient (Wildman–Crippen LogP) is 6.55. The molecule has 1 saturated heterocycles. The Morgan fingerprint density at radius 1 is 1.16 bits per heavy atom. The third-order valence-corrected chi connectivity index (χ3v) is 11.1. The Kier molecular flexibility index (Phi) is 7.21. The van der Waals surface area contributed by atoms with Crippen molar-refractivity contribution in [1.29, 1.82) is 0 Å². The Hall–Kier alpha value is -1.40. The van der Waals surface area contributed by atoms with Gasteiger partial charge in [-0.05, 0) is 50.0 Å². The average molecular weight is 445 g/mol. The van der Waals surface area contributed by atoms with Gasteiger partial charge in [0, 0.05) is 5.92 Å². The Balaban J connectivity index is 1.91. The molecule has 2 aliphatic heterocycles. The van der Waals surface area contributed by atoms with Gasteiger partial charge in [0.15, 0.2) is 5.79 Å². The maximum atomic E-state index is 6.86. The van der Waals surface area contributed by atoms with Gasteiger partial charge in [-0.1, -0.05) is 70.2 Å². The molecule has 4 nitrogen and oxygen atoms in total. The van der Waals surface area contributed by atoms with Crippen molar-refractivity contribution in [1.82, 2.24) is 0 Å². The molecule has 1 fully saturated rings. The minimum atomic E-state index is -1.98. The van der Waals surface area contributed by atoms with E-state index in [0.717, 1.165) is 12.2 Å². The predicted molar refractivity (Wildman–Crippen MR) is 129 cm³/mol. The van der Waals surface area contributed by atoms with Gasteiger partial charge in [-0.3, -0.25) is 0 Å². The molecule has 0 radical (unpaired) electrons. The van der Waals surface area contributed by atoms with Crippen LogP contribution in [0.4, 0.5) is 0 Å².